The van der Waals surface area contributed by atoms with Gasteiger partial charge in [0.15, 0.2) is 5.58 Å². The van der Waals surface area contributed by atoms with Gasteiger partial charge in [-0.05, 0) is 51.3 Å². The molecule has 0 amide bonds. The molecule has 28 heavy (non-hydrogen) atoms. The van der Waals surface area contributed by atoms with Crippen LogP contribution in [0.15, 0.2) is 65.1 Å². The number of benzene rings is 3. The van der Waals surface area contributed by atoms with E-state index in [9.17, 15) is 5.11 Å². The second-order valence-electron chi connectivity index (χ2n) is 8.08. The first kappa shape index (κ1) is 18.7. The molecule has 5 heteroatoms. The first-order valence-electron chi connectivity index (χ1n) is 9.37. The van der Waals surface area contributed by atoms with Crippen LogP contribution >= 0.6 is 0 Å². The van der Waals surface area contributed by atoms with Gasteiger partial charge < -0.3 is 14.2 Å². The van der Waals surface area contributed by atoms with Crippen LogP contribution in [0, 0.1) is 0 Å². The Bertz CT molecular complexity index is 1130. The third-order valence-electron chi connectivity index (χ3n) is 5.38. The molecule has 1 radical (unpaired) electrons. The molecule has 1 N–H and O–H groups in total. The molecule has 4 rings (SSSR count). The number of aliphatic hydroxyl groups is 1. The van der Waals surface area contributed by atoms with E-state index < -0.39 is 11.2 Å². The molecule has 0 atom stereocenters. The first-order chi connectivity index (χ1) is 13.2. The summed E-state index contributed by atoms with van der Waals surface area (Å²) in [5.74, 6) is 0.608. The third-order valence-corrected chi connectivity index (χ3v) is 5.38. The van der Waals surface area contributed by atoms with E-state index in [1.165, 1.54) is 0 Å². The Morgan fingerprint density at radius 1 is 0.964 bits per heavy atom. The van der Waals surface area contributed by atoms with Crippen molar-refractivity contribution in [2.45, 2.75) is 38.9 Å². The zero-order valence-corrected chi connectivity index (χ0v) is 16.6. The quantitative estimate of drug-likeness (QED) is 0.526. The predicted octanol–water partition coefficient (Wildman–Crippen LogP) is 4.46. The van der Waals surface area contributed by atoms with Crippen LogP contribution in [-0.2, 0) is 4.65 Å². The Morgan fingerprint density at radius 3 is 2.39 bits per heavy atom. The highest BCUT2D eigenvalue weighted by atomic mass is 16.5. The van der Waals surface area contributed by atoms with Crippen molar-refractivity contribution in [3.63, 3.8) is 0 Å². The van der Waals surface area contributed by atoms with Crippen molar-refractivity contribution in [3.05, 3.63) is 60.7 Å². The molecule has 1 heterocycles. The SMILES string of the molecule is CC(C)(O)C(C)(C)O[B]c1ccc2ccc3nc(-c4ccccc4)oc3c2c1. The molecule has 0 unspecified atom stereocenters. The van der Waals surface area contributed by atoms with Crippen LogP contribution < -0.4 is 5.46 Å². The number of hydrogen-bond donors (Lipinski definition) is 1. The van der Waals surface area contributed by atoms with Crippen LogP contribution in [0.3, 0.4) is 0 Å². The van der Waals surface area contributed by atoms with Gasteiger partial charge in [-0.25, -0.2) is 4.98 Å². The lowest BCUT2D eigenvalue weighted by molar-refractivity contribution is -0.0893. The summed E-state index contributed by atoms with van der Waals surface area (Å²) >= 11 is 0. The maximum atomic E-state index is 10.3. The minimum absolute atomic E-state index is 0.608. The van der Waals surface area contributed by atoms with E-state index in [2.05, 4.69) is 4.98 Å². The molecule has 0 bridgehead atoms. The van der Waals surface area contributed by atoms with E-state index >= 15 is 0 Å². The zero-order chi connectivity index (χ0) is 19.9. The van der Waals surface area contributed by atoms with Crippen LogP contribution in [0.4, 0.5) is 0 Å². The molecule has 1 aromatic heterocycles. The number of hydrogen-bond acceptors (Lipinski definition) is 4. The Morgan fingerprint density at radius 2 is 1.68 bits per heavy atom. The first-order valence-corrected chi connectivity index (χ1v) is 9.37. The molecule has 0 aliphatic heterocycles. The lowest BCUT2D eigenvalue weighted by Crippen LogP contribution is -2.49. The second-order valence-corrected chi connectivity index (χ2v) is 8.08. The standard InChI is InChI=1S/C23H23BNO3/c1-22(2,26)23(3,4)28-24-17-12-10-15-11-13-19-20(18(15)14-17)27-21(25-19)16-8-6-5-7-9-16/h5-14,26H,1-4H3. The van der Waals surface area contributed by atoms with Crippen LogP contribution in [0.1, 0.15) is 27.7 Å². The van der Waals surface area contributed by atoms with Gasteiger partial charge in [0, 0.05) is 10.9 Å². The molecule has 0 fully saturated rings. The number of nitrogens with zero attached hydrogens (tertiary/aromatic N) is 1. The Kier molecular flexibility index (Phi) is 4.52. The number of aromatic nitrogens is 1. The monoisotopic (exact) mass is 372 g/mol. The lowest BCUT2D eigenvalue weighted by atomic mass is 9.82. The van der Waals surface area contributed by atoms with E-state index in [1.54, 1.807) is 21.3 Å². The van der Waals surface area contributed by atoms with E-state index in [0.29, 0.717) is 5.89 Å². The minimum atomic E-state index is -0.969. The smallest absolute Gasteiger partial charge is 0.330 e. The summed E-state index contributed by atoms with van der Waals surface area (Å²) in [5, 5.41) is 12.3. The van der Waals surface area contributed by atoms with Crippen LogP contribution in [-0.4, -0.2) is 28.8 Å². The fourth-order valence-electron chi connectivity index (χ4n) is 2.86. The Balaban J connectivity index is 1.72. The molecular formula is C23H23BNO3. The maximum absolute atomic E-state index is 10.3. The van der Waals surface area contributed by atoms with Gasteiger partial charge in [0.05, 0.1) is 11.2 Å². The van der Waals surface area contributed by atoms with Crippen molar-refractivity contribution in [3.8, 4) is 11.5 Å². The summed E-state index contributed by atoms with van der Waals surface area (Å²) in [6.07, 6.45) is 0. The molecule has 141 valence electrons. The molecule has 4 nitrogen and oxygen atoms in total. The summed E-state index contributed by atoms with van der Waals surface area (Å²) in [7, 11) is 1.69. The summed E-state index contributed by atoms with van der Waals surface area (Å²) in [6, 6.07) is 19.9. The molecular weight excluding hydrogens is 349 g/mol. The van der Waals surface area contributed by atoms with E-state index in [4.69, 9.17) is 9.07 Å². The van der Waals surface area contributed by atoms with E-state index in [0.717, 1.165) is 32.9 Å². The highest BCUT2D eigenvalue weighted by Gasteiger charge is 2.35. The van der Waals surface area contributed by atoms with Gasteiger partial charge in [-0.15, -0.1) is 0 Å². The number of rotatable bonds is 5. The Labute approximate surface area is 165 Å². The molecule has 0 spiro atoms. The fraction of sp³-hybridized carbons (Fsp3) is 0.261. The summed E-state index contributed by atoms with van der Waals surface area (Å²) < 4.78 is 12.0. The van der Waals surface area contributed by atoms with Gasteiger partial charge in [-0.2, -0.15) is 0 Å². The van der Waals surface area contributed by atoms with Gasteiger partial charge in [-0.1, -0.05) is 47.9 Å². The van der Waals surface area contributed by atoms with Crippen LogP contribution in [0.25, 0.3) is 33.3 Å². The average Bonchev–Trinajstić information content (AvgIpc) is 3.11. The van der Waals surface area contributed by atoms with Crippen molar-refractivity contribution in [1.29, 1.82) is 0 Å². The van der Waals surface area contributed by atoms with Crippen LogP contribution in [0.5, 0.6) is 0 Å². The molecule has 0 aliphatic carbocycles. The summed E-state index contributed by atoms with van der Waals surface area (Å²) in [6.45, 7) is 7.21. The highest BCUT2D eigenvalue weighted by Crippen LogP contribution is 2.30. The summed E-state index contributed by atoms with van der Waals surface area (Å²) in [5.41, 5.74) is 1.73. The van der Waals surface area contributed by atoms with Crippen molar-refractivity contribution < 1.29 is 14.2 Å². The van der Waals surface area contributed by atoms with Gasteiger partial charge in [-0.3, -0.25) is 0 Å². The zero-order valence-electron chi connectivity index (χ0n) is 16.6. The third kappa shape index (κ3) is 3.43. The molecule has 4 aromatic rings. The molecule has 0 saturated carbocycles. The average molecular weight is 372 g/mol. The number of fused-ring (bicyclic) bond motifs is 3. The van der Waals surface area contributed by atoms with Crippen molar-refractivity contribution >= 4 is 34.8 Å². The van der Waals surface area contributed by atoms with Crippen molar-refractivity contribution in [2.24, 2.45) is 0 Å². The van der Waals surface area contributed by atoms with Crippen molar-refractivity contribution in [1.82, 2.24) is 4.98 Å². The van der Waals surface area contributed by atoms with E-state index in [1.807, 2.05) is 74.5 Å². The predicted molar refractivity (Wildman–Crippen MR) is 114 cm³/mol. The van der Waals surface area contributed by atoms with Gasteiger partial charge in [0.25, 0.3) is 0 Å². The molecule has 0 aliphatic rings. The van der Waals surface area contributed by atoms with Gasteiger partial charge in [0.2, 0.25) is 5.89 Å². The molecule has 3 aromatic carbocycles. The minimum Gasteiger partial charge on any atom is -0.435 e. The normalized spacial score (nSPS) is 12.6. The van der Waals surface area contributed by atoms with Gasteiger partial charge >= 0.3 is 7.48 Å². The topological polar surface area (TPSA) is 55.5 Å². The van der Waals surface area contributed by atoms with E-state index in [-0.39, 0.29) is 0 Å². The lowest BCUT2D eigenvalue weighted by Gasteiger charge is -2.37. The molecule has 0 saturated heterocycles. The fourth-order valence-corrected chi connectivity index (χ4v) is 2.86. The largest absolute Gasteiger partial charge is 0.435 e. The summed E-state index contributed by atoms with van der Waals surface area (Å²) in [4.78, 5) is 4.64. The van der Waals surface area contributed by atoms with Gasteiger partial charge in [0.1, 0.15) is 5.52 Å². The van der Waals surface area contributed by atoms with Crippen LogP contribution in [0.2, 0.25) is 0 Å². The maximum Gasteiger partial charge on any atom is 0.330 e. The van der Waals surface area contributed by atoms with Crippen molar-refractivity contribution in [2.75, 3.05) is 0 Å². The Hall–Kier alpha value is -2.63. The second kappa shape index (κ2) is 6.76. The highest BCUT2D eigenvalue weighted by molar-refractivity contribution is 6.47. The number of oxazole rings is 1.